The van der Waals surface area contributed by atoms with Crippen LogP contribution in [0, 0.1) is 5.92 Å². The van der Waals surface area contributed by atoms with Gasteiger partial charge in [-0.2, -0.15) is 0 Å². The van der Waals surface area contributed by atoms with Crippen LogP contribution in [0.3, 0.4) is 0 Å². The van der Waals surface area contributed by atoms with Crippen LogP contribution in [0.2, 0.25) is 0 Å². The number of carbonyl (C=O) groups excluding carboxylic acids is 1. The van der Waals surface area contributed by atoms with Gasteiger partial charge in [-0.3, -0.25) is 14.0 Å². The Balaban J connectivity index is 1.73. The van der Waals surface area contributed by atoms with Gasteiger partial charge in [-0.05, 0) is 30.5 Å². The highest BCUT2D eigenvalue weighted by atomic mass is 16.4. The molecule has 0 spiro atoms. The highest BCUT2D eigenvalue weighted by Crippen LogP contribution is 2.30. The Bertz CT molecular complexity index is 933. The van der Waals surface area contributed by atoms with Crippen molar-refractivity contribution < 1.29 is 14.7 Å². The van der Waals surface area contributed by atoms with Crippen LogP contribution >= 0.6 is 0 Å². The van der Waals surface area contributed by atoms with Gasteiger partial charge in [-0.15, -0.1) is 0 Å². The number of benzene rings is 1. The fourth-order valence-electron chi connectivity index (χ4n) is 3.21. The number of carboxylic acids is 1. The number of fused-ring (bicyclic) bond motifs is 2. The van der Waals surface area contributed by atoms with Crippen LogP contribution in [-0.4, -0.2) is 37.9 Å². The molecule has 0 fully saturated rings. The molecule has 7 heteroatoms. The molecule has 7 nitrogen and oxygen atoms in total. The van der Waals surface area contributed by atoms with Gasteiger partial charge < -0.3 is 10.0 Å². The van der Waals surface area contributed by atoms with Gasteiger partial charge >= 0.3 is 5.97 Å². The SMILES string of the molecule is O=C(O)C1CCN(C(=O)c2cn3cccnc3n2)c2ccccc2C1. The number of rotatable bonds is 2. The number of amides is 1. The van der Waals surface area contributed by atoms with Crippen LogP contribution in [0.15, 0.2) is 48.9 Å². The first-order chi connectivity index (χ1) is 12.1. The maximum Gasteiger partial charge on any atom is 0.306 e. The Morgan fingerprint density at radius 3 is 2.84 bits per heavy atom. The highest BCUT2D eigenvalue weighted by Gasteiger charge is 2.30. The normalized spacial score (nSPS) is 17.1. The average Bonchev–Trinajstić information content (AvgIpc) is 2.95. The molecule has 0 saturated carbocycles. The highest BCUT2D eigenvalue weighted by molar-refractivity contribution is 6.05. The van der Waals surface area contributed by atoms with Crippen LogP contribution in [0.4, 0.5) is 5.69 Å². The maximum absolute atomic E-state index is 13.0. The van der Waals surface area contributed by atoms with Gasteiger partial charge in [0.05, 0.1) is 5.92 Å². The van der Waals surface area contributed by atoms with E-state index < -0.39 is 11.9 Å². The van der Waals surface area contributed by atoms with E-state index in [0.29, 0.717) is 30.9 Å². The first-order valence-electron chi connectivity index (χ1n) is 8.06. The number of imidazole rings is 1. The van der Waals surface area contributed by atoms with Gasteiger partial charge in [0.15, 0.2) is 0 Å². The van der Waals surface area contributed by atoms with Crippen LogP contribution in [0.25, 0.3) is 5.78 Å². The second-order valence-corrected chi connectivity index (χ2v) is 6.07. The summed E-state index contributed by atoms with van der Waals surface area (Å²) in [6.07, 6.45) is 5.87. The number of aliphatic carboxylic acids is 1. The van der Waals surface area contributed by atoms with E-state index in [4.69, 9.17) is 0 Å². The smallest absolute Gasteiger partial charge is 0.306 e. The van der Waals surface area contributed by atoms with Crippen LogP contribution in [-0.2, 0) is 11.2 Å². The van der Waals surface area contributed by atoms with E-state index in [0.717, 1.165) is 11.3 Å². The lowest BCUT2D eigenvalue weighted by Crippen LogP contribution is -2.32. The van der Waals surface area contributed by atoms with Crippen molar-refractivity contribution in [2.24, 2.45) is 5.92 Å². The predicted octanol–water partition coefficient (Wildman–Crippen LogP) is 2.02. The Morgan fingerprint density at radius 2 is 2.04 bits per heavy atom. The molecule has 1 N–H and O–H groups in total. The Labute approximate surface area is 143 Å². The quantitative estimate of drug-likeness (QED) is 0.773. The summed E-state index contributed by atoms with van der Waals surface area (Å²) < 4.78 is 1.69. The monoisotopic (exact) mass is 336 g/mol. The number of carboxylic acid groups (broad SMARTS) is 1. The summed E-state index contributed by atoms with van der Waals surface area (Å²) in [5.74, 6) is -1.12. The molecule has 0 bridgehead atoms. The van der Waals surface area contributed by atoms with E-state index in [-0.39, 0.29) is 5.91 Å². The number of aromatic nitrogens is 3. The fraction of sp³-hybridized carbons (Fsp3) is 0.222. The first-order valence-corrected chi connectivity index (χ1v) is 8.06. The maximum atomic E-state index is 13.0. The molecule has 25 heavy (non-hydrogen) atoms. The van der Waals surface area contributed by atoms with Gasteiger partial charge in [0.2, 0.25) is 5.78 Å². The van der Waals surface area contributed by atoms with Gasteiger partial charge in [-0.25, -0.2) is 9.97 Å². The van der Waals surface area contributed by atoms with Gasteiger partial charge in [0.25, 0.3) is 5.91 Å². The number of nitrogens with zero attached hydrogens (tertiary/aromatic N) is 4. The van der Waals surface area contributed by atoms with Crippen molar-refractivity contribution in [2.75, 3.05) is 11.4 Å². The minimum atomic E-state index is -0.832. The third-order valence-corrected chi connectivity index (χ3v) is 4.50. The van der Waals surface area contributed by atoms with E-state index in [1.807, 2.05) is 24.3 Å². The molecule has 1 amide bonds. The van der Waals surface area contributed by atoms with E-state index in [9.17, 15) is 14.7 Å². The third kappa shape index (κ3) is 2.73. The fourth-order valence-corrected chi connectivity index (χ4v) is 3.21. The topological polar surface area (TPSA) is 87.8 Å². The number of para-hydroxylation sites is 1. The van der Waals surface area contributed by atoms with Crippen molar-refractivity contribution in [3.63, 3.8) is 0 Å². The summed E-state index contributed by atoms with van der Waals surface area (Å²) in [7, 11) is 0. The predicted molar refractivity (Wildman–Crippen MR) is 90.6 cm³/mol. The zero-order chi connectivity index (χ0) is 17.4. The number of carbonyl (C=O) groups is 2. The van der Waals surface area contributed by atoms with Crippen LogP contribution in [0.5, 0.6) is 0 Å². The van der Waals surface area contributed by atoms with E-state index in [1.165, 1.54) is 0 Å². The van der Waals surface area contributed by atoms with Crippen molar-refractivity contribution >= 4 is 23.3 Å². The molecular formula is C18H16N4O3. The summed E-state index contributed by atoms with van der Waals surface area (Å²) in [6.45, 7) is 0.341. The molecule has 1 aliphatic rings. The lowest BCUT2D eigenvalue weighted by molar-refractivity contribution is -0.141. The molecule has 0 saturated heterocycles. The summed E-state index contributed by atoms with van der Waals surface area (Å²) >= 11 is 0. The minimum absolute atomic E-state index is 0.246. The molecule has 1 aromatic carbocycles. The molecule has 2 aromatic heterocycles. The number of hydrogen-bond donors (Lipinski definition) is 1. The lowest BCUT2D eigenvalue weighted by atomic mass is 9.97. The summed E-state index contributed by atoms with van der Waals surface area (Å²) in [6, 6.07) is 9.21. The van der Waals surface area contributed by atoms with E-state index in [1.54, 1.807) is 34.0 Å². The summed E-state index contributed by atoms with van der Waals surface area (Å²) in [4.78, 5) is 34.5. The first kappa shape index (κ1) is 15.3. The van der Waals surface area contributed by atoms with Gasteiger partial charge in [-0.1, -0.05) is 18.2 Å². The second kappa shape index (κ2) is 6.01. The Hall–Kier alpha value is -3.22. The zero-order valence-electron chi connectivity index (χ0n) is 13.4. The number of hydrogen-bond acceptors (Lipinski definition) is 4. The average molecular weight is 336 g/mol. The van der Waals surface area contributed by atoms with Crippen molar-refractivity contribution in [3.05, 3.63) is 60.2 Å². The zero-order valence-corrected chi connectivity index (χ0v) is 13.4. The molecule has 4 rings (SSSR count). The number of anilines is 1. The van der Waals surface area contributed by atoms with Crippen LogP contribution in [0.1, 0.15) is 22.5 Å². The molecule has 1 aliphatic heterocycles. The summed E-state index contributed by atoms with van der Waals surface area (Å²) in [5, 5.41) is 9.40. The molecule has 3 aromatic rings. The minimum Gasteiger partial charge on any atom is -0.481 e. The molecule has 1 atom stereocenters. The largest absolute Gasteiger partial charge is 0.481 e. The van der Waals surface area contributed by atoms with Crippen molar-refractivity contribution in [1.82, 2.24) is 14.4 Å². The molecule has 1 unspecified atom stereocenters. The second-order valence-electron chi connectivity index (χ2n) is 6.07. The Kier molecular flexibility index (Phi) is 3.68. The lowest BCUT2D eigenvalue weighted by Gasteiger charge is -2.21. The molecule has 0 radical (unpaired) electrons. The third-order valence-electron chi connectivity index (χ3n) is 4.50. The van der Waals surface area contributed by atoms with Crippen molar-refractivity contribution in [2.45, 2.75) is 12.8 Å². The summed E-state index contributed by atoms with van der Waals surface area (Å²) in [5.41, 5.74) is 1.91. The molecule has 126 valence electrons. The Morgan fingerprint density at radius 1 is 1.20 bits per heavy atom. The van der Waals surface area contributed by atoms with Crippen LogP contribution < -0.4 is 4.90 Å². The van der Waals surface area contributed by atoms with Gasteiger partial charge in [0.1, 0.15) is 5.69 Å². The molecular weight excluding hydrogens is 320 g/mol. The molecule has 3 heterocycles. The standard InChI is InChI=1S/C18H16N4O3/c23-16(14-11-21-8-3-7-19-18(21)20-14)22-9-6-13(17(24)25)10-12-4-1-2-5-15(12)22/h1-5,7-8,11,13H,6,9-10H2,(H,24,25). The van der Waals surface area contributed by atoms with E-state index >= 15 is 0 Å². The van der Waals surface area contributed by atoms with Gasteiger partial charge in [0, 0.05) is 30.8 Å². The van der Waals surface area contributed by atoms with Crippen molar-refractivity contribution in [1.29, 1.82) is 0 Å². The van der Waals surface area contributed by atoms with E-state index in [2.05, 4.69) is 9.97 Å². The molecule has 0 aliphatic carbocycles. The van der Waals surface area contributed by atoms with Crippen molar-refractivity contribution in [3.8, 4) is 0 Å².